The van der Waals surface area contributed by atoms with E-state index in [0.717, 1.165) is 30.0 Å². The molecule has 4 heteroatoms. The second-order valence-corrected chi connectivity index (χ2v) is 6.18. The average Bonchev–Trinajstić information content (AvgIpc) is 2.95. The van der Waals surface area contributed by atoms with Crippen LogP contribution in [0, 0.1) is 0 Å². The molecule has 0 spiro atoms. The number of nitrogens with zero attached hydrogens (tertiary/aromatic N) is 1. The molecule has 0 amide bonds. The molecule has 1 aromatic carbocycles. The van der Waals surface area contributed by atoms with E-state index in [1.54, 1.807) is 11.3 Å². The Labute approximate surface area is 110 Å². The molecule has 0 aliphatic carbocycles. The van der Waals surface area contributed by atoms with Gasteiger partial charge in [-0.15, -0.1) is 11.3 Å². The number of ether oxygens (including phenoxy) is 1. The second-order valence-electron chi connectivity index (χ2n) is 5.06. The molecule has 3 nitrogen and oxygen atoms in total. The number of thiazole rings is 1. The standard InChI is InChI=1S/C14H17NO2S/c1-14(7-4-8-17-14)12(16)9-13-15-10-5-2-3-6-11(10)18-13/h2-3,5-6,12,16H,4,7-9H2,1H3. The third kappa shape index (κ3) is 2.16. The third-order valence-electron chi connectivity index (χ3n) is 3.66. The summed E-state index contributed by atoms with van der Waals surface area (Å²) in [6.45, 7) is 2.76. The topological polar surface area (TPSA) is 42.4 Å². The number of hydrogen-bond donors (Lipinski definition) is 1. The van der Waals surface area contributed by atoms with Gasteiger partial charge in [0, 0.05) is 13.0 Å². The van der Waals surface area contributed by atoms with Crippen molar-refractivity contribution in [3.63, 3.8) is 0 Å². The summed E-state index contributed by atoms with van der Waals surface area (Å²) in [6.07, 6.45) is 2.07. The highest BCUT2D eigenvalue weighted by molar-refractivity contribution is 7.18. The van der Waals surface area contributed by atoms with Gasteiger partial charge in [-0.1, -0.05) is 12.1 Å². The number of aliphatic hydroxyl groups excluding tert-OH is 1. The summed E-state index contributed by atoms with van der Waals surface area (Å²) in [7, 11) is 0. The van der Waals surface area contributed by atoms with E-state index < -0.39 is 11.7 Å². The Bertz CT molecular complexity index is 512. The molecule has 2 atom stereocenters. The lowest BCUT2D eigenvalue weighted by atomic mass is 9.93. The molecule has 0 saturated carbocycles. The number of rotatable bonds is 3. The summed E-state index contributed by atoms with van der Waals surface area (Å²) >= 11 is 1.66. The highest BCUT2D eigenvalue weighted by atomic mass is 32.1. The minimum Gasteiger partial charge on any atom is -0.390 e. The van der Waals surface area contributed by atoms with Gasteiger partial charge in [0.05, 0.1) is 26.9 Å². The molecule has 1 aliphatic rings. The number of para-hydroxylation sites is 1. The van der Waals surface area contributed by atoms with E-state index in [0.29, 0.717) is 6.42 Å². The van der Waals surface area contributed by atoms with Crippen molar-refractivity contribution in [3.05, 3.63) is 29.3 Å². The number of fused-ring (bicyclic) bond motifs is 1. The first-order chi connectivity index (χ1) is 8.67. The van der Waals surface area contributed by atoms with Crippen molar-refractivity contribution >= 4 is 21.6 Å². The smallest absolute Gasteiger partial charge is 0.0965 e. The van der Waals surface area contributed by atoms with E-state index >= 15 is 0 Å². The first-order valence-corrected chi connectivity index (χ1v) is 7.15. The Hall–Kier alpha value is -0.970. The molecule has 18 heavy (non-hydrogen) atoms. The van der Waals surface area contributed by atoms with Crippen molar-refractivity contribution < 1.29 is 9.84 Å². The zero-order valence-electron chi connectivity index (χ0n) is 10.4. The fourth-order valence-electron chi connectivity index (χ4n) is 2.45. The maximum absolute atomic E-state index is 10.3. The second kappa shape index (κ2) is 4.61. The normalized spacial score (nSPS) is 25.7. The first-order valence-electron chi connectivity index (χ1n) is 6.34. The minimum atomic E-state index is -0.472. The summed E-state index contributed by atoms with van der Waals surface area (Å²) in [6, 6.07) is 8.08. The molecule has 1 aliphatic heterocycles. The zero-order valence-corrected chi connectivity index (χ0v) is 11.2. The lowest BCUT2D eigenvalue weighted by molar-refractivity contribution is -0.0768. The lowest BCUT2D eigenvalue weighted by Gasteiger charge is -2.28. The van der Waals surface area contributed by atoms with Crippen LogP contribution < -0.4 is 0 Å². The molecule has 0 bridgehead atoms. The van der Waals surface area contributed by atoms with Gasteiger partial charge in [-0.05, 0) is 31.9 Å². The Morgan fingerprint density at radius 1 is 1.50 bits per heavy atom. The van der Waals surface area contributed by atoms with Gasteiger partial charge in [0.2, 0.25) is 0 Å². The van der Waals surface area contributed by atoms with Crippen molar-refractivity contribution in [1.82, 2.24) is 4.98 Å². The zero-order chi connectivity index (χ0) is 12.6. The summed E-state index contributed by atoms with van der Waals surface area (Å²) in [5.41, 5.74) is 0.625. The molecular weight excluding hydrogens is 246 g/mol. The van der Waals surface area contributed by atoms with Crippen LogP contribution in [-0.4, -0.2) is 28.4 Å². The number of hydrogen-bond acceptors (Lipinski definition) is 4. The number of aliphatic hydroxyl groups is 1. The maximum Gasteiger partial charge on any atom is 0.0965 e. The lowest BCUT2D eigenvalue weighted by Crippen LogP contribution is -2.39. The summed E-state index contributed by atoms with van der Waals surface area (Å²) in [5, 5.41) is 11.3. The van der Waals surface area contributed by atoms with Crippen LogP contribution in [0.2, 0.25) is 0 Å². The molecule has 96 valence electrons. The van der Waals surface area contributed by atoms with E-state index in [-0.39, 0.29) is 0 Å². The van der Waals surface area contributed by atoms with Crippen LogP contribution in [0.15, 0.2) is 24.3 Å². The van der Waals surface area contributed by atoms with E-state index in [1.165, 1.54) is 4.70 Å². The highest BCUT2D eigenvalue weighted by Crippen LogP contribution is 2.31. The summed E-state index contributed by atoms with van der Waals surface area (Å²) in [4.78, 5) is 4.56. The van der Waals surface area contributed by atoms with Crippen molar-refractivity contribution in [3.8, 4) is 0 Å². The SMILES string of the molecule is CC1(C(O)Cc2nc3ccccc3s2)CCCO1. The van der Waals surface area contributed by atoms with E-state index in [4.69, 9.17) is 4.74 Å². The van der Waals surface area contributed by atoms with Crippen molar-refractivity contribution in [1.29, 1.82) is 0 Å². The van der Waals surface area contributed by atoms with Crippen LogP contribution in [0.5, 0.6) is 0 Å². The third-order valence-corrected chi connectivity index (χ3v) is 4.72. The Balaban J connectivity index is 1.79. The van der Waals surface area contributed by atoms with Gasteiger partial charge in [0.25, 0.3) is 0 Å². The van der Waals surface area contributed by atoms with Gasteiger partial charge in [-0.3, -0.25) is 0 Å². The van der Waals surface area contributed by atoms with E-state index in [2.05, 4.69) is 11.1 Å². The Kier molecular flexibility index (Phi) is 3.09. The van der Waals surface area contributed by atoms with Gasteiger partial charge in [-0.2, -0.15) is 0 Å². The molecule has 3 rings (SSSR count). The van der Waals surface area contributed by atoms with Crippen LogP contribution >= 0.6 is 11.3 Å². The predicted octanol–water partition coefficient (Wildman–Crippen LogP) is 2.77. The van der Waals surface area contributed by atoms with Crippen LogP contribution in [0.25, 0.3) is 10.2 Å². The molecule has 2 heterocycles. The van der Waals surface area contributed by atoms with E-state index in [1.807, 2.05) is 25.1 Å². The fraction of sp³-hybridized carbons (Fsp3) is 0.500. The Morgan fingerprint density at radius 3 is 3.06 bits per heavy atom. The number of aromatic nitrogens is 1. The largest absolute Gasteiger partial charge is 0.390 e. The van der Waals surface area contributed by atoms with Crippen LogP contribution in [0.1, 0.15) is 24.8 Å². The van der Waals surface area contributed by atoms with Gasteiger partial charge >= 0.3 is 0 Å². The van der Waals surface area contributed by atoms with Gasteiger partial charge in [0.1, 0.15) is 0 Å². The molecule has 1 saturated heterocycles. The first kappa shape index (κ1) is 12.1. The van der Waals surface area contributed by atoms with Crippen molar-refractivity contribution in [2.24, 2.45) is 0 Å². The summed E-state index contributed by atoms with van der Waals surface area (Å²) in [5.74, 6) is 0. The monoisotopic (exact) mass is 263 g/mol. The minimum absolute atomic E-state index is 0.391. The predicted molar refractivity (Wildman–Crippen MR) is 72.9 cm³/mol. The molecule has 0 radical (unpaired) electrons. The molecule has 2 unspecified atom stereocenters. The highest BCUT2D eigenvalue weighted by Gasteiger charge is 2.37. The molecule has 1 N–H and O–H groups in total. The van der Waals surface area contributed by atoms with Crippen molar-refractivity contribution in [2.45, 2.75) is 37.9 Å². The van der Waals surface area contributed by atoms with Gasteiger partial charge in [0.15, 0.2) is 0 Å². The number of benzene rings is 1. The van der Waals surface area contributed by atoms with Crippen LogP contribution in [0.3, 0.4) is 0 Å². The van der Waals surface area contributed by atoms with Crippen molar-refractivity contribution in [2.75, 3.05) is 6.61 Å². The van der Waals surface area contributed by atoms with Crippen LogP contribution in [-0.2, 0) is 11.2 Å². The average molecular weight is 263 g/mol. The molecule has 2 aromatic rings. The fourth-order valence-corrected chi connectivity index (χ4v) is 3.46. The summed E-state index contributed by atoms with van der Waals surface area (Å²) < 4.78 is 6.85. The molecular formula is C14H17NO2S. The van der Waals surface area contributed by atoms with Gasteiger partial charge in [-0.25, -0.2) is 4.98 Å². The molecule has 1 aromatic heterocycles. The van der Waals surface area contributed by atoms with Crippen LogP contribution in [0.4, 0.5) is 0 Å². The maximum atomic E-state index is 10.3. The van der Waals surface area contributed by atoms with E-state index in [9.17, 15) is 5.11 Å². The quantitative estimate of drug-likeness (QED) is 0.926. The Morgan fingerprint density at radius 2 is 2.33 bits per heavy atom. The van der Waals surface area contributed by atoms with Gasteiger partial charge < -0.3 is 9.84 Å². The molecule has 1 fully saturated rings.